The van der Waals surface area contributed by atoms with Crippen molar-refractivity contribution < 1.29 is 14.3 Å². The van der Waals surface area contributed by atoms with Gasteiger partial charge in [0.15, 0.2) is 5.96 Å². The molecule has 29 heavy (non-hydrogen) atoms. The molecule has 1 unspecified atom stereocenters. The van der Waals surface area contributed by atoms with Crippen LogP contribution in [0.25, 0.3) is 0 Å². The summed E-state index contributed by atoms with van der Waals surface area (Å²) in [5.41, 5.74) is 0.555. The van der Waals surface area contributed by atoms with Crippen molar-refractivity contribution in [3.63, 3.8) is 0 Å². The minimum Gasteiger partial charge on any atom is -0.497 e. The Morgan fingerprint density at radius 1 is 1.38 bits per heavy atom. The summed E-state index contributed by atoms with van der Waals surface area (Å²) in [6, 6.07) is 5.74. The van der Waals surface area contributed by atoms with Gasteiger partial charge in [0, 0.05) is 31.7 Å². The van der Waals surface area contributed by atoms with Crippen LogP contribution in [-0.2, 0) is 11.2 Å². The lowest BCUT2D eigenvalue weighted by Gasteiger charge is -2.23. The van der Waals surface area contributed by atoms with Gasteiger partial charge in [0.2, 0.25) is 0 Å². The second-order valence-electron chi connectivity index (χ2n) is 7.76. The van der Waals surface area contributed by atoms with Crippen molar-refractivity contribution in [2.45, 2.75) is 45.3 Å². The number of amides is 1. The molecule has 0 aliphatic carbocycles. The maximum Gasteiger partial charge on any atom is 0.407 e. The third-order valence-corrected chi connectivity index (χ3v) is 4.71. The lowest BCUT2D eigenvalue weighted by Crippen LogP contribution is -2.44. The van der Waals surface area contributed by atoms with Crippen LogP contribution in [0, 0.1) is 0 Å². The molecule has 1 amide bonds. The number of guanidine groups is 1. The highest BCUT2D eigenvalue weighted by Crippen LogP contribution is 2.22. The van der Waals surface area contributed by atoms with Crippen molar-refractivity contribution in [3.05, 3.63) is 28.8 Å². The number of ether oxygens (including phenoxy) is 2. The van der Waals surface area contributed by atoms with Gasteiger partial charge in [-0.15, -0.1) is 24.0 Å². The fourth-order valence-corrected chi connectivity index (χ4v) is 3.31. The Labute approximate surface area is 195 Å². The first kappa shape index (κ1) is 25.6. The van der Waals surface area contributed by atoms with E-state index in [4.69, 9.17) is 21.1 Å². The molecule has 164 valence electrons. The van der Waals surface area contributed by atoms with E-state index in [0.29, 0.717) is 18.1 Å². The van der Waals surface area contributed by atoms with Gasteiger partial charge in [0.25, 0.3) is 0 Å². The first-order valence-corrected chi connectivity index (χ1v) is 9.87. The van der Waals surface area contributed by atoms with Crippen LogP contribution in [0.2, 0.25) is 5.02 Å². The molecule has 9 heteroatoms. The summed E-state index contributed by atoms with van der Waals surface area (Å²) < 4.78 is 10.5. The largest absolute Gasteiger partial charge is 0.497 e. The molecule has 1 aliphatic rings. The van der Waals surface area contributed by atoms with Crippen LogP contribution in [0.15, 0.2) is 23.2 Å². The van der Waals surface area contributed by atoms with Gasteiger partial charge in [-0.25, -0.2) is 4.79 Å². The Morgan fingerprint density at radius 3 is 2.69 bits per heavy atom. The SMILES string of the molecule is CN=C(NCCc1ccc(OC)cc1Cl)N1CCC(NC(=O)OC(C)(C)C)C1.I. The zero-order valence-corrected chi connectivity index (χ0v) is 20.8. The van der Waals surface area contributed by atoms with Gasteiger partial charge in [-0.3, -0.25) is 4.99 Å². The molecule has 1 heterocycles. The molecule has 1 atom stereocenters. The molecule has 1 aromatic carbocycles. The van der Waals surface area contributed by atoms with Crippen LogP contribution in [0.5, 0.6) is 5.75 Å². The number of hydrogen-bond acceptors (Lipinski definition) is 4. The summed E-state index contributed by atoms with van der Waals surface area (Å²) in [5, 5.41) is 6.99. The fraction of sp³-hybridized carbons (Fsp3) is 0.600. The van der Waals surface area contributed by atoms with Gasteiger partial charge in [0.1, 0.15) is 11.4 Å². The molecular formula is C20H32ClIN4O3. The minimum absolute atomic E-state index is 0. The highest BCUT2D eigenvalue weighted by molar-refractivity contribution is 14.0. The predicted molar refractivity (Wildman–Crippen MR) is 128 cm³/mol. The number of rotatable bonds is 5. The Balaban J connectivity index is 0.00000420. The standard InChI is InChI=1S/C20H31ClN4O3.HI/c1-20(2,3)28-19(26)24-15-9-11-25(13-15)18(22-4)23-10-8-14-6-7-16(27-5)12-17(14)21;/h6-7,12,15H,8-11,13H2,1-5H3,(H,22,23)(H,24,26);1H. The molecule has 1 aliphatic heterocycles. The normalized spacial score (nSPS) is 16.8. The smallest absolute Gasteiger partial charge is 0.407 e. The maximum atomic E-state index is 11.9. The lowest BCUT2D eigenvalue weighted by atomic mass is 10.1. The molecule has 1 fully saturated rings. The van der Waals surface area contributed by atoms with Crippen molar-refractivity contribution in [2.24, 2.45) is 4.99 Å². The Kier molecular flexibility index (Phi) is 10.3. The summed E-state index contributed by atoms with van der Waals surface area (Å²) in [5.74, 6) is 1.57. The molecular weight excluding hydrogens is 507 g/mol. The Bertz CT molecular complexity index is 709. The van der Waals surface area contributed by atoms with Crippen LogP contribution in [-0.4, -0.2) is 62.4 Å². The summed E-state index contributed by atoms with van der Waals surface area (Å²) in [6.07, 6.45) is 1.25. The van der Waals surface area contributed by atoms with E-state index in [1.165, 1.54) is 0 Å². The first-order valence-electron chi connectivity index (χ1n) is 9.49. The molecule has 0 radical (unpaired) electrons. The average Bonchev–Trinajstić information content (AvgIpc) is 3.06. The molecule has 2 N–H and O–H groups in total. The number of benzene rings is 1. The Morgan fingerprint density at radius 2 is 2.10 bits per heavy atom. The topological polar surface area (TPSA) is 75.2 Å². The highest BCUT2D eigenvalue weighted by Gasteiger charge is 2.27. The van der Waals surface area contributed by atoms with Gasteiger partial charge >= 0.3 is 6.09 Å². The summed E-state index contributed by atoms with van der Waals surface area (Å²) in [4.78, 5) is 18.4. The highest BCUT2D eigenvalue weighted by atomic mass is 127. The molecule has 1 aromatic rings. The van der Waals surface area contributed by atoms with Gasteiger partial charge < -0.3 is 25.0 Å². The van der Waals surface area contributed by atoms with E-state index >= 15 is 0 Å². The summed E-state index contributed by atoms with van der Waals surface area (Å²) >= 11 is 6.30. The van der Waals surface area contributed by atoms with Crippen LogP contribution in [0.3, 0.4) is 0 Å². The minimum atomic E-state index is -0.497. The quantitative estimate of drug-likeness (QED) is 0.340. The van der Waals surface area contributed by atoms with E-state index in [-0.39, 0.29) is 36.1 Å². The summed E-state index contributed by atoms with van der Waals surface area (Å²) in [6.45, 7) is 7.79. The second-order valence-corrected chi connectivity index (χ2v) is 8.17. The number of nitrogens with one attached hydrogen (secondary N) is 2. The number of hydrogen-bond donors (Lipinski definition) is 2. The first-order chi connectivity index (χ1) is 13.2. The fourth-order valence-electron chi connectivity index (χ4n) is 3.04. The van der Waals surface area contributed by atoms with E-state index < -0.39 is 5.60 Å². The zero-order chi connectivity index (χ0) is 20.7. The number of nitrogens with zero attached hydrogens (tertiary/aromatic N) is 2. The van der Waals surface area contributed by atoms with E-state index in [2.05, 4.69) is 20.5 Å². The van der Waals surface area contributed by atoms with Crippen molar-refractivity contribution in [2.75, 3.05) is 33.8 Å². The van der Waals surface area contributed by atoms with Gasteiger partial charge in [-0.1, -0.05) is 17.7 Å². The number of alkyl carbamates (subject to hydrolysis) is 1. The van der Waals surface area contributed by atoms with Crippen molar-refractivity contribution in [1.82, 2.24) is 15.5 Å². The van der Waals surface area contributed by atoms with E-state index in [0.717, 1.165) is 36.7 Å². The Hall–Kier alpha value is -1.42. The molecule has 0 spiro atoms. The number of carbonyl (C=O) groups excluding carboxylic acids is 1. The van der Waals surface area contributed by atoms with Gasteiger partial charge in [-0.2, -0.15) is 0 Å². The number of methoxy groups -OCH3 is 1. The number of halogens is 2. The van der Waals surface area contributed by atoms with Crippen LogP contribution < -0.4 is 15.4 Å². The number of aliphatic imine (C=N–C) groups is 1. The van der Waals surface area contributed by atoms with E-state index in [1.807, 2.05) is 39.0 Å². The lowest BCUT2D eigenvalue weighted by molar-refractivity contribution is 0.0507. The number of likely N-dealkylation sites (tertiary alicyclic amines) is 1. The van der Waals surface area contributed by atoms with Crippen molar-refractivity contribution in [3.8, 4) is 5.75 Å². The van der Waals surface area contributed by atoms with E-state index in [9.17, 15) is 4.79 Å². The maximum absolute atomic E-state index is 11.9. The van der Waals surface area contributed by atoms with Crippen LogP contribution in [0.1, 0.15) is 32.8 Å². The van der Waals surface area contributed by atoms with E-state index in [1.54, 1.807) is 14.2 Å². The molecule has 0 bridgehead atoms. The average molecular weight is 539 g/mol. The van der Waals surface area contributed by atoms with Crippen molar-refractivity contribution in [1.29, 1.82) is 0 Å². The monoisotopic (exact) mass is 538 g/mol. The van der Waals surface area contributed by atoms with Crippen LogP contribution >= 0.6 is 35.6 Å². The molecule has 0 saturated carbocycles. The van der Waals surface area contributed by atoms with Crippen LogP contribution in [0.4, 0.5) is 4.79 Å². The third kappa shape index (κ3) is 8.46. The molecule has 1 saturated heterocycles. The summed E-state index contributed by atoms with van der Waals surface area (Å²) in [7, 11) is 3.38. The van der Waals surface area contributed by atoms with Gasteiger partial charge in [0.05, 0.1) is 13.2 Å². The third-order valence-electron chi connectivity index (χ3n) is 4.36. The molecule has 7 nitrogen and oxygen atoms in total. The van der Waals surface area contributed by atoms with Crippen molar-refractivity contribution >= 4 is 47.6 Å². The van der Waals surface area contributed by atoms with Gasteiger partial charge in [-0.05, 0) is 51.3 Å². The predicted octanol–water partition coefficient (Wildman–Crippen LogP) is 3.68. The zero-order valence-electron chi connectivity index (χ0n) is 17.8. The molecule has 0 aromatic heterocycles. The second kappa shape index (κ2) is 11.7. The molecule has 2 rings (SSSR count). The number of carbonyl (C=O) groups is 1.